The maximum absolute atomic E-state index is 2.59. The van der Waals surface area contributed by atoms with E-state index in [-0.39, 0.29) is 0 Å². The van der Waals surface area contributed by atoms with Crippen LogP contribution in [0.2, 0.25) is 18.0 Å². The zero-order valence-corrected chi connectivity index (χ0v) is 17.9. The van der Waals surface area contributed by atoms with Crippen LogP contribution in [0.5, 0.6) is 0 Å². The molecule has 0 unspecified atom stereocenters. The van der Waals surface area contributed by atoms with Crippen LogP contribution in [0.3, 0.4) is 0 Å². The molecule has 0 nitrogen and oxygen atoms in total. The van der Waals surface area contributed by atoms with Crippen LogP contribution in [0.4, 0.5) is 0 Å². The fourth-order valence-electron chi connectivity index (χ4n) is 7.94. The summed E-state index contributed by atoms with van der Waals surface area (Å²) in [5.41, 5.74) is 1.30. The minimum Gasteiger partial charge on any atom is -0.0960 e. The summed E-state index contributed by atoms with van der Waals surface area (Å²) in [5, 5.41) is 0. The fraction of sp³-hybridized carbons (Fsp3) is 0.917. The van der Waals surface area contributed by atoms with E-state index >= 15 is 0 Å². The number of hydrogen-bond acceptors (Lipinski definition) is 0. The molecule has 4 rings (SSSR count). The smallest absolute Gasteiger partial charge is 0.0960 e. The number of rotatable bonds is 4. The van der Waals surface area contributed by atoms with Gasteiger partial charge in [-0.05, 0) is 66.1 Å². The summed E-state index contributed by atoms with van der Waals surface area (Å²) in [6.45, 7) is 18.5. The molecule has 0 amide bonds. The standard InChI is InChI=1S/C24H41B/c1-8-9-10-25(21-13-19-17(11-15(21)2)23(19,4)5)22-14-20-18(12-16(22)3)24(20,6)7/h8-9,15-22H,10-14H2,1-7H3/b9-8-/t15-,16-,17+,18+,19-,20-,21-,22-/m1/s1. The van der Waals surface area contributed by atoms with Crippen molar-refractivity contribution in [2.75, 3.05) is 0 Å². The van der Waals surface area contributed by atoms with Gasteiger partial charge in [0.15, 0.2) is 6.71 Å². The first-order valence-corrected chi connectivity index (χ1v) is 11.3. The van der Waals surface area contributed by atoms with Gasteiger partial charge in [-0.3, -0.25) is 0 Å². The third-order valence-corrected chi connectivity index (χ3v) is 10.1. The Bertz CT molecular complexity index is 502. The van der Waals surface area contributed by atoms with E-state index in [1.54, 1.807) is 0 Å². The molecule has 4 saturated carbocycles. The van der Waals surface area contributed by atoms with Gasteiger partial charge >= 0.3 is 0 Å². The average molecular weight is 340 g/mol. The summed E-state index contributed by atoms with van der Waals surface area (Å²) in [4.78, 5) is 0. The van der Waals surface area contributed by atoms with E-state index in [9.17, 15) is 0 Å². The van der Waals surface area contributed by atoms with Crippen LogP contribution in [0.15, 0.2) is 12.2 Å². The molecule has 0 aromatic carbocycles. The Morgan fingerprint density at radius 2 is 1.16 bits per heavy atom. The number of fused-ring (bicyclic) bond motifs is 2. The molecule has 0 saturated heterocycles. The number of hydrogen-bond donors (Lipinski definition) is 0. The van der Waals surface area contributed by atoms with Crippen molar-refractivity contribution in [1.82, 2.24) is 0 Å². The molecule has 0 N–H and O–H groups in total. The van der Waals surface area contributed by atoms with Crippen molar-refractivity contribution in [2.24, 2.45) is 46.3 Å². The van der Waals surface area contributed by atoms with Gasteiger partial charge in [-0.25, -0.2) is 0 Å². The lowest BCUT2D eigenvalue weighted by atomic mass is 9.26. The van der Waals surface area contributed by atoms with Crippen molar-refractivity contribution in [3.8, 4) is 0 Å². The van der Waals surface area contributed by atoms with E-state index in [1.807, 2.05) is 0 Å². The summed E-state index contributed by atoms with van der Waals surface area (Å²) in [6.07, 6.45) is 12.2. The Balaban J connectivity index is 1.54. The Hall–Kier alpha value is -0.195. The van der Waals surface area contributed by atoms with Crippen LogP contribution in [0, 0.1) is 46.3 Å². The van der Waals surface area contributed by atoms with E-state index in [0.29, 0.717) is 10.8 Å². The second kappa shape index (κ2) is 5.90. The summed E-state index contributed by atoms with van der Waals surface area (Å²) >= 11 is 0. The normalized spacial score (nSPS) is 49.4. The highest BCUT2D eigenvalue weighted by Crippen LogP contribution is 2.71. The third-order valence-electron chi connectivity index (χ3n) is 10.1. The quantitative estimate of drug-likeness (QED) is 0.375. The lowest BCUT2D eigenvalue weighted by molar-refractivity contribution is 0.331. The van der Waals surface area contributed by atoms with Crippen LogP contribution < -0.4 is 0 Å². The van der Waals surface area contributed by atoms with Gasteiger partial charge in [0.25, 0.3) is 0 Å². The third kappa shape index (κ3) is 2.78. The SMILES string of the molecule is C/C=C\CB([C@@H]1C[C@@H]2[C@H](C[C@H]1C)C2(C)C)[C@@H]1C[C@@H]2[C@H](C[C@H]1C)C2(C)C. The first-order chi connectivity index (χ1) is 11.7. The van der Waals surface area contributed by atoms with Gasteiger partial charge in [0.05, 0.1) is 0 Å². The second-order valence-corrected chi connectivity index (χ2v) is 11.8. The van der Waals surface area contributed by atoms with Crippen molar-refractivity contribution in [2.45, 2.75) is 92.1 Å². The maximum atomic E-state index is 2.59. The average Bonchev–Trinajstić information content (AvgIpc) is 3.29. The van der Waals surface area contributed by atoms with Crippen LogP contribution in [0.1, 0.15) is 74.1 Å². The molecular formula is C24H41B. The molecule has 0 bridgehead atoms. The Labute approximate surface area is 157 Å². The molecule has 25 heavy (non-hydrogen) atoms. The Morgan fingerprint density at radius 3 is 1.56 bits per heavy atom. The summed E-state index contributed by atoms with van der Waals surface area (Å²) in [7, 11) is 0. The van der Waals surface area contributed by atoms with Gasteiger partial charge < -0.3 is 0 Å². The molecule has 8 atom stereocenters. The maximum Gasteiger partial charge on any atom is 0.150 e. The zero-order chi connectivity index (χ0) is 18.1. The van der Waals surface area contributed by atoms with Crippen LogP contribution >= 0.6 is 0 Å². The largest absolute Gasteiger partial charge is 0.150 e. The van der Waals surface area contributed by atoms with Crippen LogP contribution in [0.25, 0.3) is 0 Å². The minimum absolute atomic E-state index is 0.649. The molecule has 4 aliphatic carbocycles. The lowest BCUT2D eigenvalue weighted by Crippen LogP contribution is -2.37. The molecule has 4 fully saturated rings. The fourth-order valence-corrected chi connectivity index (χ4v) is 7.94. The molecule has 0 radical (unpaired) electrons. The van der Waals surface area contributed by atoms with Crippen LogP contribution in [-0.2, 0) is 0 Å². The van der Waals surface area contributed by atoms with Gasteiger partial charge in [0.2, 0.25) is 0 Å². The molecule has 0 spiro atoms. The van der Waals surface area contributed by atoms with Crippen LogP contribution in [-0.4, -0.2) is 6.71 Å². The predicted octanol–water partition coefficient (Wildman–Crippen LogP) is 7.20. The summed E-state index contributed by atoms with van der Waals surface area (Å²) in [6, 6.07) is 0. The molecule has 0 aromatic heterocycles. The molecule has 0 aromatic rings. The van der Waals surface area contributed by atoms with Gasteiger partial charge in [-0.1, -0.05) is 84.5 Å². The van der Waals surface area contributed by atoms with E-state index in [1.165, 1.54) is 32.0 Å². The summed E-state index contributed by atoms with van der Waals surface area (Å²) in [5.74, 6) is 7.98. The zero-order valence-electron chi connectivity index (χ0n) is 17.9. The van der Waals surface area contributed by atoms with Gasteiger partial charge in [-0.2, -0.15) is 0 Å². The Morgan fingerprint density at radius 1 is 0.760 bits per heavy atom. The molecule has 0 heterocycles. The van der Waals surface area contributed by atoms with Crippen molar-refractivity contribution >= 4 is 6.71 Å². The first-order valence-electron chi connectivity index (χ1n) is 11.3. The van der Waals surface area contributed by atoms with E-state index in [0.717, 1.165) is 53.9 Å². The van der Waals surface area contributed by atoms with Gasteiger partial charge in [-0.15, -0.1) is 0 Å². The van der Waals surface area contributed by atoms with E-state index in [4.69, 9.17) is 0 Å². The first kappa shape index (κ1) is 18.2. The second-order valence-electron chi connectivity index (χ2n) is 11.8. The van der Waals surface area contributed by atoms with Gasteiger partial charge in [0, 0.05) is 0 Å². The summed E-state index contributed by atoms with van der Waals surface area (Å²) < 4.78 is 0. The Kier molecular flexibility index (Phi) is 4.29. The van der Waals surface area contributed by atoms with Crippen molar-refractivity contribution in [3.05, 3.63) is 12.2 Å². The molecule has 4 aliphatic rings. The minimum atomic E-state index is 0.649. The van der Waals surface area contributed by atoms with Crippen molar-refractivity contribution < 1.29 is 0 Å². The lowest BCUT2D eigenvalue weighted by Gasteiger charge is -2.41. The molecule has 140 valence electrons. The predicted molar refractivity (Wildman–Crippen MR) is 111 cm³/mol. The van der Waals surface area contributed by atoms with Gasteiger partial charge in [0.1, 0.15) is 0 Å². The molecular weight excluding hydrogens is 299 g/mol. The highest BCUT2D eigenvalue weighted by molar-refractivity contribution is 6.62. The highest BCUT2D eigenvalue weighted by atomic mass is 14.7. The topological polar surface area (TPSA) is 0 Å². The molecule has 0 aliphatic heterocycles. The van der Waals surface area contributed by atoms with E-state index < -0.39 is 0 Å². The van der Waals surface area contributed by atoms with Crippen molar-refractivity contribution in [1.29, 1.82) is 0 Å². The van der Waals surface area contributed by atoms with E-state index in [2.05, 4.69) is 60.6 Å². The van der Waals surface area contributed by atoms with Crippen molar-refractivity contribution in [3.63, 3.8) is 0 Å². The highest BCUT2D eigenvalue weighted by Gasteiger charge is 2.64. The molecule has 1 heteroatoms. The monoisotopic (exact) mass is 340 g/mol. The number of allylic oxidation sites excluding steroid dienone is 2.